The molecule has 0 saturated heterocycles. The van der Waals surface area contributed by atoms with Crippen molar-refractivity contribution >= 4 is 11.5 Å². The SMILES string of the molecule is Fc1ccc(C2N=NCC2c2cc(C(F)(F)F)ns2)cc1. The molecule has 0 aliphatic carbocycles. The highest BCUT2D eigenvalue weighted by molar-refractivity contribution is 7.05. The Balaban J connectivity index is 1.88. The second-order valence-electron chi connectivity index (χ2n) is 4.65. The quantitative estimate of drug-likeness (QED) is 0.747. The molecular formula is C13H9F4N3S. The van der Waals surface area contributed by atoms with Crippen molar-refractivity contribution in [2.45, 2.75) is 18.1 Å². The van der Waals surface area contributed by atoms with E-state index in [1.165, 1.54) is 12.1 Å². The van der Waals surface area contributed by atoms with E-state index >= 15 is 0 Å². The third-order valence-electron chi connectivity index (χ3n) is 3.26. The molecule has 0 fully saturated rings. The molecule has 0 spiro atoms. The first-order valence-corrected chi connectivity index (χ1v) is 6.88. The van der Waals surface area contributed by atoms with Crippen LogP contribution in [0.4, 0.5) is 17.6 Å². The predicted octanol–water partition coefficient (Wildman–Crippen LogP) is 4.59. The van der Waals surface area contributed by atoms with Gasteiger partial charge in [0.05, 0.1) is 6.54 Å². The zero-order valence-electron chi connectivity index (χ0n) is 10.5. The number of nitrogens with zero attached hydrogens (tertiary/aromatic N) is 3. The summed E-state index contributed by atoms with van der Waals surface area (Å²) in [5.74, 6) is -0.661. The minimum atomic E-state index is -4.45. The van der Waals surface area contributed by atoms with Crippen molar-refractivity contribution in [2.24, 2.45) is 10.2 Å². The molecule has 2 heterocycles. The first-order valence-electron chi connectivity index (χ1n) is 6.11. The molecule has 2 atom stereocenters. The molecule has 0 bridgehead atoms. The van der Waals surface area contributed by atoms with E-state index < -0.39 is 17.9 Å². The predicted molar refractivity (Wildman–Crippen MR) is 68.7 cm³/mol. The van der Waals surface area contributed by atoms with Crippen LogP contribution in [0.2, 0.25) is 0 Å². The Kier molecular flexibility index (Phi) is 3.48. The molecule has 3 rings (SSSR count). The molecule has 2 unspecified atom stereocenters. The van der Waals surface area contributed by atoms with Crippen LogP contribution in [0.5, 0.6) is 0 Å². The molecular weight excluding hydrogens is 306 g/mol. The van der Waals surface area contributed by atoms with E-state index in [0.717, 1.165) is 23.2 Å². The van der Waals surface area contributed by atoms with Gasteiger partial charge in [-0.3, -0.25) is 0 Å². The van der Waals surface area contributed by atoms with Crippen LogP contribution in [0, 0.1) is 5.82 Å². The minimum Gasteiger partial charge on any atom is -0.207 e. The van der Waals surface area contributed by atoms with Gasteiger partial charge in [0.2, 0.25) is 0 Å². The van der Waals surface area contributed by atoms with Crippen LogP contribution in [-0.4, -0.2) is 10.9 Å². The maximum atomic E-state index is 12.9. The fourth-order valence-corrected chi connectivity index (χ4v) is 3.07. The maximum Gasteiger partial charge on any atom is 0.434 e. The average Bonchev–Trinajstić information content (AvgIpc) is 3.07. The molecule has 110 valence electrons. The second kappa shape index (κ2) is 5.18. The number of rotatable bonds is 2. The highest BCUT2D eigenvalue weighted by atomic mass is 32.1. The van der Waals surface area contributed by atoms with Crippen molar-refractivity contribution in [2.75, 3.05) is 6.54 Å². The van der Waals surface area contributed by atoms with Crippen LogP contribution in [0.15, 0.2) is 40.6 Å². The normalized spacial score (nSPS) is 21.9. The Morgan fingerprint density at radius 2 is 1.86 bits per heavy atom. The molecule has 2 aromatic rings. The number of azo groups is 1. The first-order chi connectivity index (χ1) is 9.95. The fraction of sp³-hybridized carbons (Fsp3) is 0.308. The van der Waals surface area contributed by atoms with Crippen molar-refractivity contribution in [3.8, 4) is 0 Å². The van der Waals surface area contributed by atoms with Crippen LogP contribution < -0.4 is 0 Å². The largest absolute Gasteiger partial charge is 0.434 e. The monoisotopic (exact) mass is 315 g/mol. The molecule has 3 nitrogen and oxygen atoms in total. The smallest absolute Gasteiger partial charge is 0.207 e. The van der Waals surface area contributed by atoms with E-state index in [0.29, 0.717) is 11.4 Å². The Bertz CT molecular complexity index is 663. The Hall–Kier alpha value is -1.83. The topological polar surface area (TPSA) is 37.6 Å². The fourth-order valence-electron chi connectivity index (χ4n) is 2.21. The Morgan fingerprint density at radius 1 is 1.14 bits per heavy atom. The summed E-state index contributed by atoms with van der Waals surface area (Å²) in [6.45, 7) is 0.307. The lowest BCUT2D eigenvalue weighted by atomic mass is 9.93. The van der Waals surface area contributed by atoms with E-state index in [2.05, 4.69) is 14.6 Å². The molecule has 1 aliphatic rings. The summed E-state index contributed by atoms with van der Waals surface area (Å²) in [6, 6.07) is 6.39. The van der Waals surface area contributed by atoms with Gasteiger partial charge < -0.3 is 0 Å². The lowest BCUT2D eigenvalue weighted by Crippen LogP contribution is -2.07. The van der Waals surface area contributed by atoms with Crippen LogP contribution in [0.3, 0.4) is 0 Å². The summed E-state index contributed by atoms with van der Waals surface area (Å²) in [4.78, 5) is 0.488. The Morgan fingerprint density at radius 3 is 2.48 bits per heavy atom. The molecule has 1 aliphatic heterocycles. The van der Waals surface area contributed by atoms with Gasteiger partial charge in [-0.15, -0.1) is 0 Å². The molecule has 0 saturated carbocycles. The van der Waals surface area contributed by atoms with Gasteiger partial charge in [-0.1, -0.05) is 12.1 Å². The van der Waals surface area contributed by atoms with Gasteiger partial charge in [-0.2, -0.15) is 27.8 Å². The van der Waals surface area contributed by atoms with Gasteiger partial charge in [0, 0.05) is 10.8 Å². The third-order valence-corrected chi connectivity index (χ3v) is 4.18. The number of hydrogen-bond donors (Lipinski definition) is 0. The van der Waals surface area contributed by atoms with E-state index in [9.17, 15) is 17.6 Å². The van der Waals surface area contributed by atoms with Crippen molar-refractivity contribution in [3.05, 3.63) is 52.3 Å². The second-order valence-corrected chi connectivity index (χ2v) is 5.49. The number of halogens is 4. The van der Waals surface area contributed by atoms with E-state index in [4.69, 9.17) is 0 Å². The van der Waals surface area contributed by atoms with Crippen molar-refractivity contribution in [3.63, 3.8) is 0 Å². The van der Waals surface area contributed by atoms with Crippen LogP contribution in [-0.2, 0) is 6.18 Å². The molecule has 0 amide bonds. The van der Waals surface area contributed by atoms with Crippen LogP contribution in [0.25, 0.3) is 0 Å². The lowest BCUT2D eigenvalue weighted by Gasteiger charge is -2.14. The number of alkyl halides is 3. The summed E-state index contributed by atoms with van der Waals surface area (Å²) in [7, 11) is 0. The van der Waals surface area contributed by atoms with Gasteiger partial charge in [-0.05, 0) is 35.3 Å². The van der Waals surface area contributed by atoms with E-state index in [1.807, 2.05) is 0 Å². The third kappa shape index (κ3) is 2.80. The summed E-state index contributed by atoms with van der Waals surface area (Å²) in [5, 5.41) is 7.99. The van der Waals surface area contributed by atoms with E-state index in [1.54, 1.807) is 12.1 Å². The lowest BCUT2D eigenvalue weighted by molar-refractivity contribution is -0.140. The van der Waals surface area contributed by atoms with E-state index in [-0.39, 0.29) is 11.7 Å². The molecule has 1 aromatic heterocycles. The molecule has 1 aromatic carbocycles. The standard InChI is InChI=1S/C13H9F4N3S/c14-8-3-1-7(2-4-8)12-9(6-18-19-12)10-5-11(20-21-10)13(15,16)17/h1-5,9,12H,6H2. The van der Waals surface area contributed by atoms with Crippen LogP contribution in [0.1, 0.15) is 28.1 Å². The van der Waals surface area contributed by atoms with Crippen molar-refractivity contribution in [1.29, 1.82) is 0 Å². The zero-order chi connectivity index (χ0) is 15.0. The van der Waals surface area contributed by atoms with Crippen LogP contribution >= 0.6 is 11.5 Å². The van der Waals surface area contributed by atoms with Gasteiger partial charge in [0.25, 0.3) is 0 Å². The molecule has 0 radical (unpaired) electrons. The number of aromatic nitrogens is 1. The highest BCUT2D eigenvalue weighted by Gasteiger charge is 2.37. The van der Waals surface area contributed by atoms with Crippen molar-refractivity contribution < 1.29 is 17.6 Å². The first kappa shape index (κ1) is 14.1. The maximum absolute atomic E-state index is 12.9. The van der Waals surface area contributed by atoms with Crippen molar-refractivity contribution in [1.82, 2.24) is 4.37 Å². The summed E-state index contributed by atoms with van der Waals surface area (Å²) >= 11 is 0.811. The minimum absolute atomic E-state index is 0.288. The summed E-state index contributed by atoms with van der Waals surface area (Å²) in [6.07, 6.45) is -4.45. The number of benzene rings is 1. The molecule has 0 N–H and O–H groups in total. The van der Waals surface area contributed by atoms with Gasteiger partial charge >= 0.3 is 6.18 Å². The summed E-state index contributed by atoms with van der Waals surface area (Å²) in [5.41, 5.74) is -0.170. The average molecular weight is 315 g/mol. The van der Waals surface area contributed by atoms with Gasteiger partial charge in [0.1, 0.15) is 11.9 Å². The summed E-state index contributed by atoms with van der Waals surface area (Å²) < 4.78 is 54.2. The Labute approximate surface area is 121 Å². The number of hydrogen-bond acceptors (Lipinski definition) is 4. The zero-order valence-corrected chi connectivity index (χ0v) is 11.3. The van der Waals surface area contributed by atoms with Gasteiger partial charge in [-0.25, -0.2) is 4.39 Å². The highest BCUT2D eigenvalue weighted by Crippen LogP contribution is 2.42. The molecule has 21 heavy (non-hydrogen) atoms. The van der Waals surface area contributed by atoms with Gasteiger partial charge in [0.15, 0.2) is 5.69 Å². The molecule has 8 heteroatoms.